The van der Waals surface area contributed by atoms with Crippen LogP contribution in [0.4, 0.5) is 11.6 Å². The van der Waals surface area contributed by atoms with E-state index in [-0.39, 0.29) is 0 Å². The van der Waals surface area contributed by atoms with E-state index in [0.717, 1.165) is 6.54 Å². The van der Waals surface area contributed by atoms with Gasteiger partial charge in [-0.1, -0.05) is 37.8 Å². The summed E-state index contributed by atoms with van der Waals surface area (Å²) in [6.07, 6.45) is 7.95. The molecule has 5 heteroatoms. The summed E-state index contributed by atoms with van der Waals surface area (Å²) >= 11 is 6.04. The smallest absolute Gasteiger partial charge is 0.150 e. The lowest BCUT2D eigenvalue weighted by Crippen LogP contribution is -2.29. The van der Waals surface area contributed by atoms with Gasteiger partial charge in [-0.2, -0.15) is 0 Å². The van der Waals surface area contributed by atoms with Crippen LogP contribution in [0.15, 0.2) is 6.33 Å². The third-order valence-corrected chi connectivity index (χ3v) is 3.93. The van der Waals surface area contributed by atoms with E-state index >= 15 is 0 Å². The maximum atomic E-state index is 6.04. The Morgan fingerprint density at radius 2 is 2.06 bits per heavy atom. The fraction of sp³-hybridized carbons (Fsp3) is 0.667. The zero-order valence-corrected chi connectivity index (χ0v) is 10.9. The zero-order valence-electron chi connectivity index (χ0n) is 10.2. The Bertz CT molecular complexity index is 388. The molecule has 1 saturated carbocycles. The minimum absolute atomic E-state index is 0.331. The van der Waals surface area contributed by atoms with Gasteiger partial charge in [0.15, 0.2) is 0 Å². The highest BCUT2D eigenvalue weighted by atomic mass is 35.5. The minimum atomic E-state index is 0.331. The summed E-state index contributed by atoms with van der Waals surface area (Å²) in [5.41, 5.74) is 5.99. The van der Waals surface area contributed by atoms with Crippen LogP contribution in [-0.2, 0) is 0 Å². The Morgan fingerprint density at radius 3 is 2.76 bits per heavy atom. The van der Waals surface area contributed by atoms with Gasteiger partial charge in [-0.3, -0.25) is 0 Å². The van der Waals surface area contributed by atoms with Gasteiger partial charge in [-0.05, 0) is 18.3 Å². The van der Waals surface area contributed by atoms with Crippen LogP contribution < -0.4 is 11.1 Å². The van der Waals surface area contributed by atoms with E-state index in [2.05, 4.69) is 22.2 Å². The Morgan fingerprint density at radius 1 is 1.35 bits per heavy atom. The minimum Gasteiger partial charge on any atom is -0.382 e. The molecule has 1 aliphatic carbocycles. The van der Waals surface area contributed by atoms with Crippen molar-refractivity contribution in [3.05, 3.63) is 11.3 Å². The summed E-state index contributed by atoms with van der Waals surface area (Å²) in [6, 6.07) is 0. The molecule has 4 nitrogen and oxygen atoms in total. The molecule has 1 heterocycles. The number of hydrogen-bond acceptors (Lipinski definition) is 4. The Kier molecular flexibility index (Phi) is 3.72. The van der Waals surface area contributed by atoms with Gasteiger partial charge >= 0.3 is 0 Å². The number of hydrogen-bond donors (Lipinski definition) is 2. The number of aromatic nitrogens is 2. The van der Waals surface area contributed by atoms with Gasteiger partial charge in [0.25, 0.3) is 0 Å². The first-order valence-electron chi connectivity index (χ1n) is 6.11. The van der Waals surface area contributed by atoms with Gasteiger partial charge in [-0.15, -0.1) is 0 Å². The number of rotatable bonds is 3. The van der Waals surface area contributed by atoms with Crippen LogP contribution in [0.1, 0.15) is 39.0 Å². The molecular formula is C12H19ClN4. The van der Waals surface area contributed by atoms with Crippen molar-refractivity contribution >= 4 is 23.2 Å². The highest BCUT2D eigenvalue weighted by molar-refractivity contribution is 6.35. The summed E-state index contributed by atoms with van der Waals surface area (Å²) < 4.78 is 0. The van der Waals surface area contributed by atoms with Crippen molar-refractivity contribution in [3.63, 3.8) is 0 Å². The lowest BCUT2D eigenvalue weighted by molar-refractivity contribution is 0.233. The molecule has 1 fully saturated rings. The van der Waals surface area contributed by atoms with E-state index in [1.54, 1.807) is 0 Å². The molecule has 0 spiro atoms. The van der Waals surface area contributed by atoms with Gasteiger partial charge in [0, 0.05) is 6.54 Å². The average Bonchev–Trinajstić information content (AvgIpc) is 2.32. The first-order valence-corrected chi connectivity index (χ1v) is 6.48. The molecule has 94 valence electrons. The second-order valence-corrected chi connectivity index (χ2v) is 5.52. The monoisotopic (exact) mass is 254 g/mol. The highest BCUT2D eigenvalue weighted by Crippen LogP contribution is 2.36. The molecule has 0 saturated heterocycles. The molecule has 3 N–H and O–H groups in total. The van der Waals surface area contributed by atoms with Crippen LogP contribution in [-0.4, -0.2) is 16.5 Å². The van der Waals surface area contributed by atoms with Crippen molar-refractivity contribution in [1.29, 1.82) is 0 Å². The van der Waals surface area contributed by atoms with Crippen LogP contribution in [0.5, 0.6) is 0 Å². The second kappa shape index (κ2) is 5.08. The fourth-order valence-electron chi connectivity index (χ4n) is 2.39. The zero-order chi connectivity index (χ0) is 12.3. The first-order chi connectivity index (χ1) is 8.11. The van der Waals surface area contributed by atoms with Crippen molar-refractivity contribution in [2.45, 2.75) is 39.0 Å². The van der Waals surface area contributed by atoms with Gasteiger partial charge in [0.05, 0.1) is 0 Å². The summed E-state index contributed by atoms with van der Waals surface area (Å²) in [4.78, 5) is 7.97. The first kappa shape index (κ1) is 12.4. The molecule has 0 bridgehead atoms. The Hall–Kier alpha value is -1.03. The van der Waals surface area contributed by atoms with E-state index in [4.69, 9.17) is 17.3 Å². The van der Waals surface area contributed by atoms with E-state index in [9.17, 15) is 0 Å². The van der Waals surface area contributed by atoms with Gasteiger partial charge in [0.2, 0.25) is 0 Å². The van der Waals surface area contributed by atoms with Crippen LogP contribution >= 0.6 is 11.6 Å². The maximum absolute atomic E-state index is 6.04. The number of nitrogens with zero attached hydrogens (tertiary/aromatic N) is 2. The summed E-state index contributed by atoms with van der Waals surface area (Å²) in [5.74, 6) is 0.976. The number of nitrogens with two attached hydrogens (primary N) is 1. The molecule has 0 atom stereocenters. The molecule has 1 aromatic rings. The molecule has 0 aliphatic heterocycles. The highest BCUT2D eigenvalue weighted by Gasteiger charge is 2.26. The predicted molar refractivity (Wildman–Crippen MR) is 71.1 cm³/mol. The van der Waals surface area contributed by atoms with Crippen LogP contribution in [0.2, 0.25) is 5.02 Å². The lowest BCUT2D eigenvalue weighted by atomic mass is 9.76. The van der Waals surface area contributed by atoms with Crippen LogP contribution in [0.25, 0.3) is 0 Å². The van der Waals surface area contributed by atoms with Crippen molar-refractivity contribution in [2.24, 2.45) is 5.41 Å². The van der Waals surface area contributed by atoms with Crippen molar-refractivity contribution in [2.75, 3.05) is 17.6 Å². The van der Waals surface area contributed by atoms with Crippen molar-refractivity contribution in [1.82, 2.24) is 9.97 Å². The van der Waals surface area contributed by atoms with Crippen LogP contribution in [0, 0.1) is 5.41 Å². The third-order valence-electron chi connectivity index (χ3n) is 3.56. The van der Waals surface area contributed by atoms with E-state index < -0.39 is 0 Å². The van der Waals surface area contributed by atoms with Gasteiger partial charge in [-0.25, -0.2) is 9.97 Å². The third kappa shape index (κ3) is 3.00. The normalized spacial score (nSPS) is 18.9. The van der Waals surface area contributed by atoms with E-state index in [1.807, 2.05) is 0 Å². The van der Waals surface area contributed by atoms with Gasteiger partial charge in [0.1, 0.15) is 23.0 Å². The molecule has 0 amide bonds. The molecule has 0 radical (unpaired) electrons. The van der Waals surface area contributed by atoms with Gasteiger partial charge < -0.3 is 11.1 Å². The molecule has 17 heavy (non-hydrogen) atoms. The maximum Gasteiger partial charge on any atom is 0.150 e. The second-order valence-electron chi connectivity index (χ2n) is 5.15. The van der Waals surface area contributed by atoms with E-state index in [1.165, 1.54) is 38.4 Å². The van der Waals surface area contributed by atoms with E-state index in [0.29, 0.717) is 22.1 Å². The topological polar surface area (TPSA) is 63.8 Å². The number of nitrogens with one attached hydrogen (secondary N) is 1. The molecule has 0 unspecified atom stereocenters. The quantitative estimate of drug-likeness (QED) is 0.870. The molecule has 0 aromatic carbocycles. The summed E-state index contributed by atoms with van der Waals surface area (Å²) in [6.45, 7) is 3.21. The number of nitrogen functional groups attached to an aromatic ring is 1. The summed E-state index contributed by atoms with van der Waals surface area (Å²) in [5, 5.41) is 3.72. The molecule has 2 rings (SSSR count). The number of halogens is 1. The average molecular weight is 255 g/mol. The van der Waals surface area contributed by atoms with Crippen molar-refractivity contribution in [3.8, 4) is 0 Å². The van der Waals surface area contributed by atoms with Crippen molar-refractivity contribution < 1.29 is 0 Å². The molecular weight excluding hydrogens is 236 g/mol. The molecule has 1 aromatic heterocycles. The Labute approximate surface area is 107 Å². The lowest BCUT2D eigenvalue weighted by Gasteiger charge is -2.33. The number of anilines is 2. The largest absolute Gasteiger partial charge is 0.382 e. The molecule has 1 aliphatic rings. The Balaban J connectivity index is 1.99. The standard InChI is InChI=1S/C12H19ClN4/c1-12(5-3-2-4-6-12)7-15-11-9(13)10(14)16-8-17-11/h8H,2-7H2,1H3,(H3,14,15,16,17). The van der Waals surface area contributed by atoms with Crippen LogP contribution in [0.3, 0.4) is 0 Å². The fourth-order valence-corrected chi connectivity index (χ4v) is 2.55. The predicted octanol–water partition coefficient (Wildman–Crippen LogP) is 3.09. The SMILES string of the molecule is CC1(CNc2ncnc(N)c2Cl)CCCCC1. The summed E-state index contributed by atoms with van der Waals surface area (Å²) in [7, 11) is 0.